The molecule has 2 aliphatic heterocycles. The molecule has 2 aromatic heterocycles. The van der Waals surface area contributed by atoms with Crippen LogP contribution in [0.3, 0.4) is 0 Å². The Bertz CT molecular complexity index is 862. The van der Waals surface area contributed by atoms with Gasteiger partial charge in [0.1, 0.15) is 32.1 Å². The molecule has 29 heavy (non-hydrogen) atoms. The normalized spacial score (nSPS) is 13.6. The molecule has 11 heteroatoms. The van der Waals surface area contributed by atoms with Crippen molar-refractivity contribution in [3.63, 3.8) is 0 Å². The van der Waals surface area contributed by atoms with E-state index in [9.17, 15) is 9.59 Å². The van der Waals surface area contributed by atoms with Crippen molar-refractivity contribution in [3.8, 4) is 23.3 Å². The number of ether oxygens (including phenoxy) is 5. The quantitative estimate of drug-likeness (QED) is 0.405. The average molecular weight is 404 g/mol. The Morgan fingerprint density at radius 2 is 1.59 bits per heavy atom. The topological polar surface area (TPSA) is 132 Å². The second-order valence-electron chi connectivity index (χ2n) is 5.84. The molecule has 154 valence electrons. The van der Waals surface area contributed by atoms with Crippen LogP contribution in [0.4, 0.5) is 0 Å². The van der Waals surface area contributed by atoms with Crippen LogP contribution in [-0.2, 0) is 4.74 Å². The van der Waals surface area contributed by atoms with Gasteiger partial charge >= 0.3 is 5.97 Å². The molecule has 2 aliphatic rings. The number of esters is 1. The molecular weight excluding hydrogens is 384 g/mol. The Labute approximate surface area is 166 Å². The first-order valence-electron chi connectivity index (χ1n) is 9.10. The Hall–Kier alpha value is -3.50. The van der Waals surface area contributed by atoms with Gasteiger partial charge in [-0.3, -0.25) is 4.79 Å². The molecule has 4 rings (SSSR count). The van der Waals surface area contributed by atoms with Crippen LogP contribution >= 0.6 is 0 Å². The smallest absolute Gasteiger partial charge is 0.359 e. The largest absolute Gasteiger partial charge is 0.484 e. The summed E-state index contributed by atoms with van der Waals surface area (Å²) < 4.78 is 25.8. The number of nitrogens with zero attached hydrogens (tertiary/aromatic N) is 4. The zero-order valence-electron chi connectivity index (χ0n) is 15.8. The summed E-state index contributed by atoms with van der Waals surface area (Å²) in [5, 5.41) is 14.8. The van der Waals surface area contributed by atoms with Crippen molar-refractivity contribution >= 4 is 12.3 Å². The van der Waals surface area contributed by atoms with Gasteiger partial charge in [0.25, 0.3) is 11.8 Å². The van der Waals surface area contributed by atoms with Gasteiger partial charge < -0.3 is 23.7 Å². The van der Waals surface area contributed by atoms with Crippen molar-refractivity contribution < 1.29 is 33.3 Å². The molecule has 0 unspecified atom stereocenters. The van der Waals surface area contributed by atoms with Crippen LogP contribution in [0.2, 0.25) is 0 Å². The molecule has 0 fully saturated rings. The second kappa shape index (κ2) is 10.2. The Kier molecular flexibility index (Phi) is 7.09. The van der Waals surface area contributed by atoms with Gasteiger partial charge in [0.05, 0.1) is 6.61 Å². The SMILES string of the molecule is CCCCOC(=O)c1cc2c(nn1)OCCO2.O=Cc1cc2c(nn1)OCCO2. The second-order valence-corrected chi connectivity index (χ2v) is 5.84. The van der Waals surface area contributed by atoms with Crippen LogP contribution in [-0.4, -0.2) is 65.7 Å². The number of carbonyl (C=O) groups excluding carboxylic acids is 2. The monoisotopic (exact) mass is 404 g/mol. The van der Waals surface area contributed by atoms with Gasteiger partial charge in [-0.15, -0.1) is 20.4 Å². The van der Waals surface area contributed by atoms with Gasteiger partial charge in [-0.1, -0.05) is 13.3 Å². The standard InChI is InChI=1S/C11H14N2O4.C7H6N2O3/c1-2-3-4-17-11(14)8-7-9-10(13-12-8)16-6-5-15-9;10-4-5-3-6-7(9-8-5)12-2-1-11-6/h7H,2-6H2,1H3;3-4H,1-2H2. The minimum Gasteiger partial charge on any atom is -0.484 e. The molecule has 0 amide bonds. The third-order valence-corrected chi connectivity index (χ3v) is 3.69. The van der Waals surface area contributed by atoms with E-state index in [0.29, 0.717) is 62.6 Å². The molecular formula is C18H20N4O7. The number of hydrogen-bond acceptors (Lipinski definition) is 11. The van der Waals surface area contributed by atoms with Gasteiger partial charge in [-0.05, 0) is 6.42 Å². The highest BCUT2D eigenvalue weighted by molar-refractivity contribution is 5.87. The molecule has 0 aromatic carbocycles. The summed E-state index contributed by atoms with van der Waals surface area (Å²) >= 11 is 0. The fourth-order valence-corrected chi connectivity index (χ4v) is 2.27. The molecule has 0 atom stereocenters. The van der Waals surface area contributed by atoms with E-state index < -0.39 is 5.97 Å². The molecule has 0 bridgehead atoms. The molecule has 11 nitrogen and oxygen atoms in total. The first kappa shape index (κ1) is 20.2. The zero-order valence-corrected chi connectivity index (χ0v) is 15.8. The van der Waals surface area contributed by atoms with Crippen molar-refractivity contribution in [3.05, 3.63) is 23.5 Å². The van der Waals surface area contributed by atoms with E-state index in [2.05, 4.69) is 20.4 Å². The zero-order chi connectivity index (χ0) is 20.5. The predicted molar refractivity (Wildman–Crippen MR) is 96.6 cm³/mol. The fourth-order valence-electron chi connectivity index (χ4n) is 2.27. The highest BCUT2D eigenvalue weighted by atomic mass is 16.6. The highest BCUT2D eigenvalue weighted by Crippen LogP contribution is 2.27. The molecule has 2 aromatic rings. The van der Waals surface area contributed by atoms with E-state index in [1.807, 2.05) is 6.92 Å². The number of carbonyl (C=O) groups is 2. The summed E-state index contributed by atoms with van der Waals surface area (Å²) in [6.07, 6.45) is 2.43. The summed E-state index contributed by atoms with van der Waals surface area (Å²) in [7, 11) is 0. The average Bonchev–Trinajstić information content (AvgIpc) is 2.79. The summed E-state index contributed by atoms with van der Waals surface area (Å²) in [5.74, 6) is 1.11. The van der Waals surface area contributed by atoms with Gasteiger partial charge in [-0.2, -0.15) is 0 Å². The van der Waals surface area contributed by atoms with Crippen molar-refractivity contribution in [1.29, 1.82) is 0 Å². The Balaban J connectivity index is 0.000000176. The molecule has 0 aliphatic carbocycles. The summed E-state index contributed by atoms with van der Waals surface area (Å²) in [5.41, 5.74) is 0.393. The molecule has 0 spiro atoms. The lowest BCUT2D eigenvalue weighted by Gasteiger charge is -2.16. The number of hydrogen-bond donors (Lipinski definition) is 0. The summed E-state index contributed by atoms with van der Waals surface area (Å²) in [6.45, 7) is 4.27. The fraction of sp³-hybridized carbons (Fsp3) is 0.444. The third kappa shape index (κ3) is 5.50. The maximum Gasteiger partial charge on any atom is 0.359 e. The number of fused-ring (bicyclic) bond motifs is 2. The van der Waals surface area contributed by atoms with E-state index in [1.54, 1.807) is 0 Å². The highest BCUT2D eigenvalue weighted by Gasteiger charge is 2.18. The first-order valence-corrected chi connectivity index (χ1v) is 9.10. The number of aldehydes is 1. The van der Waals surface area contributed by atoms with Gasteiger partial charge in [0.2, 0.25) is 0 Å². The lowest BCUT2D eigenvalue weighted by molar-refractivity contribution is 0.0489. The van der Waals surface area contributed by atoms with Crippen LogP contribution in [0, 0.1) is 0 Å². The van der Waals surface area contributed by atoms with Crippen molar-refractivity contribution in [2.75, 3.05) is 33.0 Å². The number of aromatic nitrogens is 4. The summed E-state index contributed by atoms with van der Waals surface area (Å²) in [6, 6.07) is 3.00. The first-order chi connectivity index (χ1) is 14.2. The van der Waals surface area contributed by atoms with E-state index in [-0.39, 0.29) is 11.4 Å². The van der Waals surface area contributed by atoms with Gasteiger partial charge in [0.15, 0.2) is 23.5 Å². The van der Waals surface area contributed by atoms with E-state index >= 15 is 0 Å². The van der Waals surface area contributed by atoms with Crippen LogP contribution in [0.15, 0.2) is 12.1 Å². The molecule has 0 saturated heterocycles. The predicted octanol–water partition coefficient (Wildman–Crippen LogP) is 1.26. The third-order valence-electron chi connectivity index (χ3n) is 3.69. The maximum atomic E-state index is 11.6. The molecule has 0 radical (unpaired) electrons. The lowest BCUT2D eigenvalue weighted by Crippen LogP contribution is -2.18. The van der Waals surface area contributed by atoms with E-state index in [4.69, 9.17) is 23.7 Å². The van der Waals surface area contributed by atoms with Crippen LogP contribution in [0.5, 0.6) is 23.3 Å². The Morgan fingerprint density at radius 1 is 0.966 bits per heavy atom. The van der Waals surface area contributed by atoms with Crippen molar-refractivity contribution in [2.24, 2.45) is 0 Å². The number of unbranched alkanes of at least 4 members (excludes halogenated alkanes) is 1. The van der Waals surface area contributed by atoms with Crippen molar-refractivity contribution in [1.82, 2.24) is 20.4 Å². The van der Waals surface area contributed by atoms with Crippen molar-refractivity contribution in [2.45, 2.75) is 19.8 Å². The lowest BCUT2D eigenvalue weighted by atomic mass is 10.3. The van der Waals surface area contributed by atoms with E-state index in [1.165, 1.54) is 12.1 Å². The van der Waals surface area contributed by atoms with Crippen LogP contribution in [0.25, 0.3) is 0 Å². The van der Waals surface area contributed by atoms with Gasteiger partial charge in [0, 0.05) is 12.1 Å². The molecule has 4 heterocycles. The number of rotatable bonds is 5. The van der Waals surface area contributed by atoms with Gasteiger partial charge in [-0.25, -0.2) is 4.79 Å². The van der Waals surface area contributed by atoms with Crippen LogP contribution in [0.1, 0.15) is 40.7 Å². The van der Waals surface area contributed by atoms with E-state index in [0.717, 1.165) is 12.8 Å². The minimum absolute atomic E-state index is 0.144. The summed E-state index contributed by atoms with van der Waals surface area (Å²) in [4.78, 5) is 21.9. The Morgan fingerprint density at radius 3 is 2.24 bits per heavy atom. The molecule has 0 saturated carbocycles. The van der Waals surface area contributed by atoms with Crippen LogP contribution < -0.4 is 18.9 Å². The molecule has 0 N–H and O–H groups in total. The minimum atomic E-state index is -0.483. The maximum absolute atomic E-state index is 11.6.